The minimum Gasteiger partial charge on any atom is -0.381 e. The van der Waals surface area contributed by atoms with Gasteiger partial charge in [0.2, 0.25) is 0 Å². The Morgan fingerprint density at radius 3 is 2.72 bits per heavy atom. The number of H-pyrrole nitrogens is 1. The molecule has 0 radical (unpaired) electrons. The Morgan fingerprint density at radius 1 is 1.00 bits per heavy atom. The first-order valence-electron chi connectivity index (χ1n) is 10.7. The third kappa shape index (κ3) is 3.94. The molecule has 1 aliphatic carbocycles. The summed E-state index contributed by atoms with van der Waals surface area (Å²) in [5.41, 5.74) is 5.68. The van der Waals surface area contributed by atoms with Crippen LogP contribution in [0.25, 0.3) is 10.9 Å². The number of pyridine rings is 1. The van der Waals surface area contributed by atoms with E-state index < -0.39 is 5.67 Å². The van der Waals surface area contributed by atoms with Crippen molar-refractivity contribution in [2.75, 3.05) is 30.3 Å². The molecule has 0 spiro atoms. The van der Waals surface area contributed by atoms with Crippen LogP contribution in [0.2, 0.25) is 0 Å². The number of hydrogen-bond donors (Lipinski definition) is 4. The minimum atomic E-state index is -1.15. The highest BCUT2D eigenvalue weighted by atomic mass is 19.1. The monoisotopic (exact) mass is 393 g/mol. The van der Waals surface area contributed by atoms with Gasteiger partial charge in [-0.2, -0.15) is 0 Å². The lowest BCUT2D eigenvalue weighted by Gasteiger charge is -2.30. The number of fused-ring (bicyclic) bond motifs is 3. The second-order valence-corrected chi connectivity index (χ2v) is 8.39. The fourth-order valence-electron chi connectivity index (χ4n) is 4.58. The number of anilines is 3. The molecular formula is C23H28FN5. The Kier molecular flexibility index (Phi) is 4.87. The van der Waals surface area contributed by atoms with Gasteiger partial charge in [-0.25, -0.2) is 4.39 Å². The lowest BCUT2D eigenvalue weighted by Crippen LogP contribution is -2.43. The number of aryl methyl sites for hydroxylation is 2. The van der Waals surface area contributed by atoms with E-state index in [1.54, 1.807) is 12.4 Å². The maximum atomic E-state index is 14.8. The molecule has 1 fully saturated rings. The summed E-state index contributed by atoms with van der Waals surface area (Å²) < 4.78 is 14.8. The van der Waals surface area contributed by atoms with Crippen LogP contribution in [0.3, 0.4) is 0 Å². The van der Waals surface area contributed by atoms with Crippen molar-refractivity contribution in [1.82, 2.24) is 15.3 Å². The van der Waals surface area contributed by atoms with Gasteiger partial charge in [-0.05, 0) is 75.4 Å². The third-order valence-corrected chi connectivity index (χ3v) is 6.23. The zero-order valence-electron chi connectivity index (χ0n) is 16.7. The van der Waals surface area contributed by atoms with E-state index in [2.05, 4.69) is 44.1 Å². The fraction of sp³-hybridized carbons (Fsp3) is 0.435. The Labute approximate surface area is 170 Å². The molecule has 0 saturated carbocycles. The number of aromatic amines is 1. The first kappa shape index (κ1) is 18.4. The van der Waals surface area contributed by atoms with Crippen LogP contribution in [0.15, 0.2) is 36.7 Å². The zero-order chi connectivity index (χ0) is 19.7. The number of rotatable bonds is 5. The van der Waals surface area contributed by atoms with Gasteiger partial charge in [0.25, 0.3) is 0 Å². The van der Waals surface area contributed by atoms with Crippen molar-refractivity contribution in [1.29, 1.82) is 0 Å². The number of nitrogens with zero attached hydrogens (tertiary/aromatic N) is 1. The predicted octanol–water partition coefficient (Wildman–Crippen LogP) is 4.69. The van der Waals surface area contributed by atoms with Crippen molar-refractivity contribution in [2.24, 2.45) is 0 Å². The van der Waals surface area contributed by atoms with Crippen LogP contribution in [0.1, 0.15) is 36.9 Å². The summed E-state index contributed by atoms with van der Waals surface area (Å²) in [4.78, 5) is 7.91. The molecule has 5 nitrogen and oxygen atoms in total. The van der Waals surface area contributed by atoms with E-state index >= 15 is 0 Å². The first-order valence-corrected chi connectivity index (χ1v) is 10.7. The largest absolute Gasteiger partial charge is 0.381 e. The molecule has 0 atom stereocenters. The molecule has 2 aliphatic rings. The lowest BCUT2D eigenvalue weighted by molar-refractivity contribution is 0.131. The van der Waals surface area contributed by atoms with Crippen molar-refractivity contribution in [2.45, 2.75) is 44.2 Å². The van der Waals surface area contributed by atoms with Gasteiger partial charge in [-0.3, -0.25) is 4.98 Å². The molecule has 0 unspecified atom stereocenters. The average Bonchev–Trinajstić information content (AvgIpc) is 3.11. The number of nitrogens with one attached hydrogen (secondary N) is 4. The maximum absolute atomic E-state index is 14.8. The highest BCUT2D eigenvalue weighted by Gasteiger charge is 2.31. The third-order valence-electron chi connectivity index (χ3n) is 6.23. The van der Waals surface area contributed by atoms with Gasteiger partial charge >= 0.3 is 0 Å². The zero-order valence-corrected chi connectivity index (χ0v) is 16.7. The second kappa shape index (κ2) is 7.67. The maximum Gasteiger partial charge on any atom is 0.130 e. The minimum absolute atomic E-state index is 0.319. The van der Waals surface area contributed by atoms with Gasteiger partial charge in [-0.1, -0.05) is 6.07 Å². The standard InChI is InChI=1S/C23H28FN5/c24-23(7-9-25-10-8-23)15-27-17-11-18(14-26-13-17)28-16-5-6-20-19-3-1-2-4-21(19)29-22(20)12-16/h5-6,11-14,25,27-29H,1-4,7-10,15H2. The molecule has 0 amide bonds. The smallest absolute Gasteiger partial charge is 0.130 e. The highest BCUT2D eigenvalue weighted by molar-refractivity contribution is 5.88. The molecule has 1 aliphatic heterocycles. The summed E-state index contributed by atoms with van der Waals surface area (Å²) in [6.07, 6.45) is 9.51. The van der Waals surface area contributed by atoms with Crippen LogP contribution < -0.4 is 16.0 Å². The predicted molar refractivity (Wildman–Crippen MR) is 117 cm³/mol. The van der Waals surface area contributed by atoms with Crippen molar-refractivity contribution in [3.63, 3.8) is 0 Å². The number of halogens is 1. The van der Waals surface area contributed by atoms with E-state index in [-0.39, 0.29) is 0 Å². The molecule has 3 heterocycles. The van der Waals surface area contributed by atoms with Crippen LogP contribution in [-0.2, 0) is 12.8 Å². The first-order chi connectivity index (χ1) is 14.2. The molecule has 0 bridgehead atoms. The van der Waals surface area contributed by atoms with Crippen LogP contribution >= 0.6 is 0 Å². The number of benzene rings is 1. The molecule has 6 heteroatoms. The lowest BCUT2D eigenvalue weighted by atomic mass is 9.94. The summed E-state index contributed by atoms with van der Waals surface area (Å²) in [6.45, 7) is 1.80. The average molecular weight is 394 g/mol. The summed E-state index contributed by atoms with van der Waals surface area (Å²) in [6, 6.07) is 8.48. The molecule has 1 saturated heterocycles. The molecule has 29 heavy (non-hydrogen) atoms. The van der Waals surface area contributed by atoms with Crippen LogP contribution in [-0.4, -0.2) is 35.3 Å². The molecule has 4 N–H and O–H groups in total. The molecular weight excluding hydrogens is 365 g/mol. The van der Waals surface area contributed by atoms with Crippen molar-refractivity contribution < 1.29 is 4.39 Å². The number of piperidine rings is 1. The van der Waals surface area contributed by atoms with Gasteiger partial charge in [0.05, 0.1) is 23.8 Å². The topological polar surface area (TPSA) is 64.8 Å². The fourth-order valence-corrected chi connectivity index (χ4v) is 4.58. The van der Waals surface area contributed by atoms with E-state index in [1.165, 1.54) is 41.4 Å². The number of hydrogen-bond acceptors (Lipinski definition) is 4. The number of alkyl halides is 1. The highest BCUT2D eigenvalue weighted by Crippen LogP contribution is 2.31. The second-order valence-electron chi connectivity index (χ2n) is 8.39. The molecule has 2 aromatic heterocycles. The summed E-state index contributed by atoms with van der Waals surface area (Å²) >= 11 is 0. The Hall–Kier alpha value is -2.60. The summed E-state index contributed by atoms with van der Waals surface area (Å²) in [7, 11) is 0. The molecule has 1 aromatic carbocycles. The van der Waals surface area contributed by atoms with E-state index in [0.717, 1.165) is 36.6 Å². The summed E-state index contributed by atoms with van der Waals surface area (Å²) in [5, 5.41) is 11.2. The van der Waals surface area contributed by atoms with Crippen molar-refractivity contribution >= 4 is 28.0 Å². The van der Waals surface area contributed by atoms with E-state index in [0.29, 0.717) is 19.4 Å². The van der Waals surface area contributed by atoms with Gasteiger partial charge in [0.1, 0.15) is 5.67 Å². The normalized spacial score (nSPS) is 18.4. The Bertz CT molecular complexity index is 1010. The quantitative estimate of drug-likeness (QED) is 0.508. The van der Waals surface area contributed by atoms with Crippen molar-refractivity contribution in [3.8, 4) is 0 Å². The van der Waals surface area contributed by atoms with E-state index in [9.17, 15) is 4.39 Å². The van der Waals surface area contributed by atoms with Crippen LogP contribution in [0.5, 0.6) is 0 Å². The summed E-state index contributed by atoms with van der Waals surface area (Å²) in [5.74, 6) is 0. The Morgan fingerprint density at radius 2 is 1.83 bits per heavy atom. The van der Waals surface area contributed by atoms with E-state index in [1.807, 2.05) is 6.07 Å². The van der Waals surface area contributed by atoms with E-state index in [4.69, 9.17) is 0 Å². The Balaban J connectivity index is 1.29. The van der Waals surface area contributed by atoms with Crippen molar-refractivity contribution in [3.05, 3.63) is 47.9 Å². The van der Waals surface area contributed by atoms with Crippen LogP contribution in [0, 0.1) is 0 Å². The van der Waals surface area contributed by atoms with Gasteiger partial charge < -0.3 is 20.9 Å². The van der Waals surface area contributed by atoms with Gasteiger partial charge in [0, 0.05) is 28.8 Å². The number of aromatic nitrogens is 2. The molecule has 3 aromatic rings. The molecule has 5 rings (SSSR count). The van der Waals surface area contributed by atoms with Gasteiger partial charge in [-0.15, -0.1) is 0 Å². The van der Waals surface area contributed by atoms with Crippen LogP contribution in [0.4, 0.5) is 21.5 Å². The SMILES string of the molecule is FC1(CNc2cncc(Nc3ccc4c5c([nH]c4c3)CCCC5)c2)CCNCC1. The van der Waals surface area contributed by atoms with Gasteiger partial charge in [0.15, 0.2) is 0 Å². The molecule has 152 valence electrons.